The van der Waals surface area contributed by atoms with Crippen LogP contribution in [0.2, 0.25) is 0 Å². The number of hydrogen-bond acceptors (Lipinski definition) is 4. The van der Waals surface area contributed by atoms with Crippen molar-refractivity contribution < 1.29 is 10.2 Å². The Bertz CT molecular complexity index is 417. The lowest BCUT2D eigenvalue weighted by atomic mass is 10.0. The summed E-state index contributed by atoms with van der Waals surface area (Å²) in [5, 5.41) is 22.6. The minimum Gasteiger partial charge on any atom is -0.508 e. The van der Waals surface area contributed by atoms with Gasteiger partial charge >= 0.3 is 0 Å². The van der Waals surface area contributed by atoms with Crippen LogP contribution in [0.1, 0.15) is 18.5 Å². The Morgan fingerprint density at radius 2 is 1.67 bits per heavy atom. The number of phenols is 2. The number of benzene rings is 1. The summed E-state index contributed by atoms with van der Waals surface area (Å²) in [5.41, 5.74) is 0.987. The summed E-state index contributed by atoms with van der Waals surface area (Å²) in [6.07, 6.45) is 0. The highest BCUT2D eigenvalue weighted by molar-refractivity contribution is 5.38. The van der Waals surface area contributed by atoms with Gasteiger partial charge in [0, 0.05) is 25.2 Å². The van der Waals surface area contributed by atoms with Crippen LogP contribution in [0.3, 0.4) is 0 Å². The zero-order valence-electron chi connectivity index (χ0n) is 10.6. The van der Waals surface area contributed by atoms with Crippen molar-refractivity contribution >= 4 is 0 Å². The van der Waals surface area contributed by atoms with Crippen molar-refractivity contribution in [3.8, 4) is 11.5 Å². The second-order valence-corrected chi connectivity index (χ2v) is 5.59. The maximum atomic E-state index is 9.56. The smallest absolute Gasteiger partial charge is 0.119 e. The molecular weight excluding hydrogens is 228 g/mol. The molecule has 0 spiro atoms. The molecule has 3 rings (SSSR count). The zero-order chi connectivity index (χ0) is 12.7. The second kappa shape index (κ2) is 4.44. The van der Waals surface area contributed by atoms with Gasteiger partial charge in [0.05, 0.1) is 0 Å². The van der Waals surface area contributed by atoms with Crippen molar-refractivity contribution in [3.05, 3.63) is 23.8 Å². The van der Waals surface area contributed by atoms with Crippen LogP contribution in [-0.2, 0) is 0 Å². The quantitative estimate of drug-likeness (QED) is 0.738. The normalized spacial score (nSPS) is 29.4. The minimum atomic E-state index is 0.137. The lowest BCUT2D eigenvalue weighted by Crippen LogP contribution is -2.28. The summed E-state index contributed by atoms with van der Waals surface area (Å²) in [6.45, 7) is 6.60. The van der Waals surface area contributed by atoms with Crippen molar-refractivity contribution in [2.45, 2.75) is 13.0 Å². The maximum absolute atomic E-state index is 9.56. The molecule has 2 heterocycles. The summed E-state index contributed by atoms with van der Waals surface area (Å²) < 4.78 is 0. The van der Waals surface area contributed by atoms with Crippen molar-refractivity contribution in [2.75, 3.05) is 26.2 Å². The van der Waals surface area contributed by atoms with Crippen molar-refractivity contribution in [1.29, 1.82) is 0 Å². The van der Waals surface area contributed by atoms with E-state index in [2.05, 4.69) is 17.1 Å². The van der Waals surface area contributed by atoms with Gasteiger partial charge in [-0.1, -0.05) is 0 Å². The standard InChI is InChI=1S/C14H20N2O2/c1-9(10-2-13(17)4-14(18)3-10)16-7-11-5-15-6-12(11)8-16/h2-4,9,11-12,15,17-18H,5-8H2,1H3. The Balaban J connectivity index is 1.76. The van der Waals surface area contributed by atoms with Gasteiger partial charge < -0.3 is 15.5 Å². The van der Waals surface area contributed by atoms with E-state index in [0.29, 0.717) is 0 Å². The van der Waals surface area contributed by atoms with E-state index in [0.717, 1.165) is 43.6 Å². The molecule has 0 amide bonds. The van der Waals surface area contributed by atoms with Crippen LogP contribution in [-0.4, -0.2) is 41.3 Å². The van der Waals surface area contributed by atoms with E-state index in [1.165, 1.54) is 6.07 Å². The first-order valence-corrected chi connectivity index (χ1v) is 6.61. The molecule has 3 unspecified atom stereocenters. The average molecular weight is 248 g/mol. The third-order valence-corrected chi connectivity index (χ3v) is 4.37. The fourth-order valence-electron chi connectivity index (χ4n) is 3.28. The largest absolute Gasteiger partial charge is 0.508 e. The van der Waals surface area contributed by atoms with Crippen LogP contribution in [0, 0.1) is 11.8 Å². The summed E-state index contributed by atoms with van der Waals surface area (Å²) in [7, 11) is 0. The number of hydrogen-bond donors (Lipinski definition) is 3. The summed E-state index contributed by atoms with van der Waals surface area (Å²) in [5.74, 6) is 1.80. The molecule has 18 heavy (non-hydrogen) atoms. The van der Waals surface area contributed by atoms with Crippen LogP contribution >= 0.6 is 0 Å². The molecule has 98 valence electrons. The van der Waals surface area contributed by atoms with E-state index in [1.54, 1.807) is 12.1 Å². The van der Waals surface area contributed by atoms with Gasteiger partial charge in [-0.2, -0.15) is 0 Å². The number of fused-ring (bicyclic) bond motifs is 1. The minimum absolute atomic E-state index is 0.137. The zero-order valence-corrected chi connectivity index (χ0v) is 10.6. The van der Waals surface area contributed by atoms with Crippen molar-refractivity contribution in [2.24, 2.45) is 11.8 Å². The van der Waals surface area contributed by atoms with Gasteiger partial charge in [0.2, 0.25) is 0 Å². The monoisotopic (exact) mass is 248 g/mol. The molecular formula is C14H20N2O2. The average Bonchev–Trinajstić information content (AvgIpc) is 2.86. The molecule has 2 fully saturated rings. The summed E-state index contributed by atoms with van der Waals surface area (Å²) in [6, 6.07) is 5.11. The Morgan fingerprint density at radius 1 is 1.11 bits per heavy atom. The first-order valence-electron chi connectivity index (χ1n) is 6.61. The fraction of sp³-hybridized carbons (Fsp3) is 0.571. The summed E-state index contributed by atoms with van der Waals surface area (Å²) >= 11 is 0. The number of aromatic hydroxyl groups is 2. The first-order chi connectivity index (χ1) is 8.63. The highest BCUT2D eigenvalue weighted by atomic mass is 16.3. The lowest BCUT2D eigenvalue weighted by molar-refractivity contribution is 0.243. The molecule has 0 radical (unpaired) electrons. The highest BCUT2D eigenvalue weighted by Gasteiger charge is 2.37. The Morgan fingerprint density at radius 3 is 2.22 bits per heavy atom. The number of likely N-dealkylation sites (tertiary alicyclic amines) is 1. The van der Waals surface area contributed by atoms with E-state index >= 15 is 0 Å². The topological polar surface area (TPSA) is 55.7 Å². The molecule has 2 saturated heterocycles. The first kappa shape index (κ1) is 11.8. The van der Waals surface area contributed by atoms with Crippen molar-refractivity contribution in [3.63, 3.8) is 0 Å². The second-order valence-electron chi connectivity index (χ2n) is 5.59. The number of rotatable bonds is 2. The molecule has 1 aromatic rings. The third kappa shape index (κ3) is 2.06. The maximum Gasteiger partial charge on any atom is 0.119 e. The number of nitrogens with one attached hydrogen (secondary N) is 1. The van der Waals surface area contributed by atoms with Gasteiger partial charge in [-0.25, -0.2) is 0 Å². The Labute approximate surface area is 107 Å². The van der Waals surface area contributed by atoms with Crippen LogP contribution in [0.15, 0.2) is 18.2 Å². The Hall–Kier alpha value is -1.26. The molecule has 3 N–H and O–H groups in total. The SMILES string of the molecule is CC(c1cc(O)cc(O)c1)N1CC2CNCC2C1. The van der Waals surface area contributed by atoms with Gasteiger partial charge in [0.1, 0.15) is 11.5 Å². The van der Waals surface area contributed by atoms with E-state index < -0.39 is 0 Å². The molecule has 0 aromatic heterocycles. The molecule has 1 aromatic carbocycles. The van der Waals surface area contributed by atoms with Gasteiger partial charge in [-0.05, 0) is 49.5 Å². The van der Waals surface area contributed by atoms with Crippen LogP contribution in [0.5, 0.6) is 11.5 Å². The predicted molar refractivity (Wildman–Crippen MR) is 69.6 cm³/mol. The van der Waals surface area contributed by atoms with Gasteiger partial charge in [0.25, 0.3) is 0 Å². The van der Waals surface area contributed by atoms with E-state index in [9.17, 15) is 10.2 Å². The molecule has 4 nitrogen and oxygen atoms in total. The predicted octanol–water partition coefficient (Wildman–Crippen LogP) is 1.31. The molecule has 4 heteroatoms. The number of nitrogens with zero attached hydrogens (tertiary/aromatic N) is 1. The van der Waals surface area contributed by atoms with Gasteiger partial charge in [-0.15, -0.1) is 0 Å². The van der Waals surface area contributed by atoms with Gasteiger partial charge in [0.15, 0.2) is 0 Å². The van der Waals surface area contributed by atoms with E-state index in [-0.39, 0.29) is 17.5 Å². The highest BCUT2D eigenvalue weighted by Crippen LogP contribution is 2.34. The third-order valence-electron chi connectivity index (χ3n) is 4.37. The Kier molecular flexibility index (Phi) is 2.92. The van der Waals surface area contributed by atoms with Gasteiger partial charge in [-0.3, -0.25) is 4.90 Å². The molecule has 0 aliphatic carbocycles. The van der Waals surface area contributed by atoms with Crippen LogP contribution in [0.4, 0.5) is 0 Å². The molecule has 0 bridgehead atoms. The van der Waals surface area contributed by atoms with E-state index in [1.807, 2.05) is 0 Å². The molecule has 3 atom stereocenters. The van der Waals surface area contributed by atoms with Crippen molar-refractivity contribution in [1.82, 2.24) is 10.2 Å². The van der Waals surface area contributed by atoms with Crippen LogP contribution in [0.25, 0.3) is 0 Å². The lowest BCUT2D eigenvalue weighted by Gasteiger charge is -2.25. The fourth-order valence-corrected chi connectivity index (χ4v) is 3.28. The van der Waals surface area contributed by atoms with Crippen LogP contribution < -0.4 is 5.32 Å². The molecule has 0 saturated carbocycles. The molecule has 2 aliphatic heterocycles. The number of phenolic OH excluding ortho intramolecular Hbond substituents is 2. The summed E-state index contributed by atoms with van der Waals surface area (Å²) in [4.78, 5) is 2.45. The molecule has 2 aliphatic rings. The van der Waals surface area contributed by atoms with E-state index in [4.69, 9.17) is 0 Å².